The van der Waals surface area contributed by atoms with E-state index in [4.69, 9.17) is 9.84 Å². The van der Waals surface area contributed by atoms with Gasteiger partial charge in [-0.25, -0.2) is 4.79 Å². The van der Waals surface area contributed by atoms with Gasteiger partial charge in [0.05, 0.1) is 18.8 Å². The van der Waals surface area contributed by atoms with Gasteiger partial charge in [-0.15, -0.1) is 0 Å². The van der Waals surface area contributed by atoms with Crippen LogP contribution in [0.1, 0.15) is 39.0 Å². The van der Waals surface area contributed by atoms with Crippen LogP contribution in [-0.2, 0) is 9.53 Å². The summed E-state index contributed by atoms with van der Waals surface area (Å²) in [7, 11) is 0. The number of carbonyl (C=O) groups is 2. The van der Waals surface area contributed by atoms with Gasteiger partial charge in [-0.3, -0.25) is 4.79 Å². The molecule has 1 saturated heterocycles. The number of fused-ring (bicyclic) bond motifs is 1. The molecule has 2 N–H and O–H groups in total. The summed E-state index contributed by atoms with van der Waals surface area (Å²) >= 11 is 0. The molecule has 1 saturated carbocycles. The molecule has 114 valence electrons. The first-order valence-electron chi connectivity index (χ1n) is 7.49. The lowest BCUT2D eigenvalue weighted by molar-refractivity contribution is -0.138. The van der Waals surface area contributed by atoms with Crippen LogP contribution in [0.15, 0.2) is 0 Å². The minimum Gasteiger partial charge on any atom is -0.481 e. The van der Waals surface area contributed by atoms with E-state index < -0.39 is 5.97 Å². The summed E-state index contributed by atoms with van der Waals surface area (Å²) in [4.78, 5) is 24.9. The molecule has 6 nitrogen and oxygen atoms in total. The third-order valence-electron chi connectivity index (χ3n) is 4.33. The highest BCUT2D eigenvalue weighted by Crippen LogP contribution is 2.29. The quantitative estimate of drug-likeness (QED) is 0.801. The third kappa shape index (κ3) is 3.62. The number of urea groups is 1. The maximum absolute atomic E-state index is 12.3. The van der Waals surface area contributed by atoms with E-state index in [1.807, 2.05) is 11.8 Å². The fourth-order valence-electron chi connectivity index (χ4n) is 3.12. The first-order valence-corrected chi connectivity index (χ1v) is 7.49. The smallest absolute Gasteiger partial charge is 0.317 e. The van der Waals surface area contributed by atoms with Gasteiger partial charge in [0.1, 0.15) is 0 Å². The van der Waals surface area contributed by atoms with E-state index >= 15 is 0 Å². The van der Waals surface area contributed by atoms with Crippen LogP contribution in [0.5, 0.6) is 0 Å². The summed E-state index contributed by atoms with van der Waals surface area (Å²) < 4.78 is 5.68. The van der Waals surface area contributed by atoms with Crippen molar-refractivity contribution in [3.8, 4) is 0 Å². The molecule has 0 aromatic heterocycles. The van der Waals surface area contributed by atoms with Crippen molar-refractivity contribution in [2.45, 2.75) is 51.2 Å². The third-order valence-corrected chi connectivity index (χ3v) is 4.33. The fourth-order valence-corrected chi connectivity index (χ4v) is 3.12. The Labute approximate surface area is 119 Å². The fraction of sp³-hybridized carbons (Fsp3) is 0.857. The molecule has 2 amide bonds. The Morgan fingerprint density at radius 2 is 2.25 bits per heavy atom. The highest BCUT2D eigenvalue weighted by Gasteiger charge is 2.38. The number of carboxylic acids is 1. The molecule has 0 aromatic carbocycles. The van der Waals surface area contributed by atoms with Crippen molar-refractivity contribution in [1.29, 1.82) is 0 Å². The van der Waals surface area contributed by atoms with Crippen molar-refractivity contribution < 1.29 is 19.4 Å². The van der Waals surface area contributed by atoms with Crippen LogP contribution < -0.4 is 5.32 Å². The SMILES string of the molecule is CCC(CNC(=O)N1CCOC2CCCC21)CC(=O)O. The van der Waals surface area contributed by atoms with Crippen LogP contribution in [0.3, 0.4) is 0 Å². The molecule has 1 aliphatic carbocycles. The van der Waals surface area contributed by atoms with Gasteiger partial charge in [-0.1, -0.05) is 13.3 Å². The largest absolute Gasteiger partial charge is 0.481 e. The van der Waals surface area contributed by atoms with E-state index in [1.54, 1.807) is 0 Å². The van der Waals surface area contributed by atoms with Gasteiger partial charge < -0.3 is 20.1 Å². The molecule has 0 bridgehead atoms. The first-order chi connectivity index (χ1) is 9.61. The predicted octanol–water partition coefficient (Wildman–Crippen LogP) is 1.45. The molecule has 3 atom stereocenters. The van der Waals surface area contributed by atoms with Gasteiger partial charge in [0.15, 0.2) is 0 Å². The van der Waals surface area contributed by atoms with Crippen LogP contribution in [0.2, 0.25) is 0 Å². The van der Waals surface area contributed by atoms with Crippen LogP contribution in [0.4, 0.5) is 4.79 Å². The van der Waals surface area contributed by atoms with E-state index in [2.05, 4.69) is 5.32 Å². The summed E-state index contributed by atoms with van der Waals surface area (Å²) in [6.07, 6.45) is 4.19. The number of carbonyl (C=O) groups excluding carboxylic acids is 1. The number of aliphatic carboxylic acids is 1. The van der Waals surface area contributed by atoms with Crippen LogP contribution >= 0.6 is 0 Å². The van der Waals surface area contributed by atoms with Gasteiger partial charge in [-0.05, 0) is 25.2 Å². The number of ether oxygens (including phenoxy) is 1. The van der Waals surface area contributed by atoms with Crippen molar-refractivity contribution in [2.24, 2.45) is 5.92 Å². The zero-order valence-corrected chi connectivity index (χ0v) is 12.0. The molecule has 1 heterocycles. The van der Waals surface area contributed by atoms with Crippen LogP contribution in [-0.4, -0.2) is 53.8 Å². The summed E-state index contributed by atoms with van der Waals surface area (Å²) in [5.74, 6) is -0.815. The standard InChI is InChI=1S/C14H24N2O4/c1-2-10(8-13(17)18)9-15-14(19)16-6-7-20-12-5-3-4-11(12)16/h10-12H,2-9H2,1H3,(H,15,19)(H,17,18). The summed E-state index contributed by atoms with van der Waals surface area (Å²) in [6, 6.07) is 0.123. The summed E-state index contributed by atoms with van der Waals surface area (Å²) in [6.45, 7) is 3.60. The molecule has 0 radical (unpaired) electrons. The van der Waals surface area contributed by atoms with E-state index in [0.29, 0.717) is 19.7 Å². The van der Waals surface area contributed by atoms with Gasteiger partial charge in [0.25, 0.3) is 0 Å². The second kappa shape index (κ2) is 6.92. The Bertz CT molecular complexity index is 361. The number of rotatable bonds is 5. The maximum atomic E-state index is 12.3. The molecule has 2 fully saturated rings. The molecule has 2 aliphatic rings. The predicted molar refractivity (Wildman–Crippen MR) is 73.5 cm³/mol. The minimum atomic E-state index is -0.812. The highest BCUT2D eigenvalue weighted by molar-refractivity contribution is 5.75. The second-order valence-electron chi connectivity index (χ2n) is 5.66. The van der Waals surface area contributed by atoms with Gasteiger partial charge in [0.2, 0.25) is 0 Å². The van der Waals surface area contributed by atoms with Crippen molar-refractivity contribution >= 4 is 12.0 Å². The summed E-state index contributed by atoms with van der Waals surface area (Å²) in [5, 5.41) is 11.7. The monoisotopic (exact) mass is 284 g/mol. The van der Waals surface area contributed by atoms with Crippen LogP contribution in [0.25, 0.3) is 0 Å². The van der Waals surface area contributed by atoms with E-state index in [9.17, 15) is 9.59 Å². The Hall–Kier alpha value is -1.30. The lowest BCUT2D eigenvalue weighted by atomic mass is 10.0. The van der Waals surface area contributed by atoms with Crippen molar-refractivity contribution in [3.05, 3.63) is 0 Å². The molecular formula is C14H24N2O4. The number of amides is 2. The zero-order valence-electron chi connectivity index (χ0n) is 12.0. The van der Waals surface area contributed by atoms with Crippen LogP contribution in [0, 0.1) is 5.92 Å². The Morgan fingerprint density at radius 1 is 1.45 bits per heavy atom. The zero-order chi connectivity index (χ0) is 14.5. The van der Waals surface area contributed by atoms with E-state index in [1.165, 1.54) is 0 Å². The topological polar surface area (TPSA) is 78.9 Å². The molecule has 1 aliphatic heterocycles. The molecule has 2 rings (SSSR count). The number of carboxylic acid groups (broad SMARTS) is 1. The molecular weight excluding hydrogens is 260 g/mol. The lowest BCUT2D eigenvalue weighted by Gasteiger charge is -2.37. The number of nitrogens with zero attached hydrogens (tertiary/aromatic N) is 1. The normalized spacial score (nSPS) is 26.9. The van der Waals surface area contributed by atoms with Crippen molar-refractivity contribution in [2.75, 3.05) is 19.7 Å². The lowest BCUT2D eigenvalue weighted by Crippen LogP contribution is -2.55. The van der Waals surface area contributed by atoms with Gasteiger partial charge in [0, 0.05) is 19.5 Å². The minimum absolute atomic E-state index is 0.00290. The van der Waals surface area contributed by atoms with Crippen molar-refractivity contribution in [3.63, 3.8) is 0 Å². The molecule has 6 heteroatoms. The maximum Gasteiger partial charge on any atom is 0.317 e. The van der Waals surface area contributed by atoms with E-state index in [0.717, 1.165) is 25.7 Å². The molecule has 20 heavy (non-hydrogen) atoms. The van der Waals surface area contributed by atoms with E-state index in [-0.39, 0.29) is 30.5 Å². The Morgan fingerprint density at radius 3 is 2.95 bits per heavy atom. The van der Waals surface area contributed by atoms with Crippen molar-refractivity contribution in [1.82, 2.24) is 10.2 Å². The Balaban J connectivity index is 1.83. The number of hydrogen-bond acceptors (Lipinski definition) is 3. The average Bonchev–Trinajstić information content (AvgIpc) is 2.90. The van der Waals surface area contributed by atoms with Gasteiger partial charge in [-0.2, -0.15) is 0 Å². The number of morpholine rings is 1. The second-order valence-corrected chi connectivity index (χ2v) is 5.66. The van der Waals surface area contributed by atoms with Gasteiger partial charge >= 0.3 is 12.0 Å². The summed E-state index contributed by atoms with van der Waals surface area (Å²) in [5.41, 5.74) is 0. The number of hydrogen-bond donors (Lipinski definition) is 2. The molecule has 0 spiro atoms. The first kappa shape index (κ1) is 15.1. The number of nitrogens with one attached hydrogen (secondary N) is 1. The molecule has 0 aromatic rings. The Kier molecular flexibility index (Phi) is 5.23. The highest BCUT2D eigenvalue weighted by atomic mass is 16.5. The molecule has 3 unspecified atom stereocenters. The average molecular weight is 284 g/mol.